The minimum Gasteiger partial charge on any atom is -0.335 e. The lowest BCUT2D eigenvalue weighted by Gasteiger charge is -2.34. The van der Waals surface area contributed by atoms with E-state index in [1.54, 1.807) is 39.4 Å². The summed E-state index contributed by atoms with van der Waals surface area (Å²) in [5, 5.41) is 3.09. The van der Waals surface area contributed by atoms with E-state index >= 15 is 0 Å². The van der Waals surface area contributed by atoms with Crippen molar-refractivity contribution < 1.29 is 9.59 Å². The summed E-state index contributed by atoms with van der Waals surface area (Å²) in [6, 6.07) is 10.6. The summed E-state index contributed by atoms with van der Waals surface area (Å²) in [5.41, 5.74) is 0.991. The molecule has 4 rings (SSSR count). The van der Waals surface area contributed by atoms with Gasteiger partial charge in [0.25, 0.3) is 11.8 Å². The Morgan fingerprint density at radius 3 is 2.32 bits per heavy atom. The first kappa shape index (κ1) is 19.4. The van der Waals surface area contributed by atoms with E-state index in [1.807, 2.05) is 12.1 Å². The number of aromatic nitrogens is 1. The summed E-state index contributed by atoms with van der Waals surface area (Å²) in [5.74, 6) is -0.180. The number of hydrogen-bond acceptors (Lipinski definition) is 5. The zero-order chi connectivity index (χ0) is 19.7. The van der Waals surface area contributed by atoms with Crippen LogP contribution in [0.25, 0.3) is 9.88 Å². The van der Waals surface area contributed by atoms with Gasteiger partial charge in [-0.1, -0.05) is 29.3 Å². The van der Waals surface area contributed by atoms with Crippen LogP contribution in [0.3, 0.4) is 0 Å². The van der Waals surface area contributed by atoms with Crippen molar-refractivity contribution in [2.24, 2.45) is 0 Å². The average molecular weight is 452 g/mol. The molecule has 5 nitrogen and oxygen atoms in total. The molecule has 3 heterocycles. The molecule has 1 aromatic carbocycles. The van der Waals surface area contributed by atoms with Gasteiger partial charge >= 0.3 is 0 Å². The molecule has 1 saturated heterocycles. The van der Waals surface area contributed by atoms with Crippen molar-refractivity contribution in [3.8, 4) is 9.88 Å². The second-order valence-electron chi connectivity index (χ2n) is 6.24. The van der Waals surface area contributed by atoms with Crippen molar-refractivity contribution in [1.82, 2.24) is 14.8 Å². The van der Waals surface area contributed by atoms with E-state index in [4.69, 9.17) is 23.2 Å². The van der Waals surface area contributed by atoms with Crippen LogP contribution in [-0.2, 0) is 0 Å². The van der Waals surface area contributed by atoms with Gasteiger partial charge < -0.3 is 9.80 Å². The predicted octanol–water partition coefficient (Wildman–Crippen LogP) is 4.78. The Morgan fingerprint density at radius 2 is 1.68 bits per heavy atom. The molecule has 2 aromatic heterocycles. The number of carbonyl (C=O) groups excluding carboxylic acids is 2. The maximum atomic E-state index is 12.8. The molecule has 144 valence electrons. The molecule has 1 aliphatic heterocycles. The molecule has 0 unspecified atom stereocenters. The van der Waals surface area contributed by atoms with Gasteiger partial charge in [-0.2, -0.15) is 0 Å². The minimum atomic E-state index is -0.111. The van der Waals surface area contributed by atoms with Gasteiger partial charge in [0, 0.05) is 42.1 Å². The van der Waals surface area contributed by atoms with E-state index in [1.165, 1.54) is 22.7 Å². The van der Waals surface area contributed by atoms with Crippen LogP contribution in [0.4, 0.5) is 0 Å². The lowest BCUT2D eigenvalue weighted by molar-refractivity contribution is 0.0533. The van der Waals surface area contributed by atoms with Crippen LogP contribution in [0.1, 0.15) is 20.8 Å². The molecule has 0 spiro atoms. The fourth-order valence-electron chi connectivity index (χ4n) is 2.99. The van der Waals surface area contributed by atoms with Crippen LogP contribution < -0.4 is 0 Å². The zero-order valence-corrected chi connectivity index (χ0v) is 17.7. The summed E-state index contributed by atoms with van der Waals surface area (Å²) in [6.07, 6.45) is 0. The number of amides is 2. The summed E-state index contributed by atoms with van der Waals surface area (Å²) < 4.78 is 0.693. The fourth-order valence-corrected chi connectivity index (χ4v) is 5.09. The second-order valence-corrected chi connectivity index (χ2v) is 9.25. The summed E-state index contributed by atoms with van der Waals surface area (Å²) in [4.78, 5) is 34.3. The zero-order valence-electron chi connectivity index (χ0n) is 14.6. The number of carbonyl (C=O) groups is 2. The number of rotatable bonds is 3. The van der Waals surface area contributed by atoms with Crippen LogP contribution in [0.2, 0.25) is 9.36 Å². The van der Waals surface area contributed by atoms with Crippen molar-refractivity contribution in [2.45, 2.75) is 0 Å². The highest BCUT2D eigenvalue weighted by atomic mass is 35.5. The van der Waals surface area contributed by atoms with Gasteiger partial charge in [0.1, 0.15) is 10.7 Å². The number of benzene rings is 1. The Labute approximate surface area is 180 Å². The third-order valence-electron chi connectivity index (χ3n) is 4.43. The number of hydrogen-bond donors (Lipinski definition) is 0. The van der Waals surface area contributed by atoms with Crippen LogP contribution >= 0.6 is 45.9 Å². The fraction of sp³-hybridized carbons (Fsp3) is 0.211. The monoisotopic (exact) mass is 451 g/mol. The number of nitrogens with zero attached hydrogens (tertiary/aromatic N) is 3. The molecule has 28 heavy (non-hydrogen) atoms. The van der Waals surface area contributed by atoms with Crippen molar-refractivity contribution in [1.29, 1.82) is 0 Å². The van der Waals surface area contributed by atoms with Crippen LogP contribution in [-0.4, -0.2) is 52.8 Å². The molecular weight excluding hydrogens is 437 g/mol. The van der Waals surface area contributed by atoms with Crippen molar-refractivity contribution in [3.05, 3.63) is 62.4 Å². The lowest BCUT2D eigenvalue weighted by atomic mass is 10.2. The topological polar surface area (TPSA) is 53.5 Å². The molecule has 0 bridgehead atoms. The highest BCUT2D eigenvalue weighted by Crippen LogP contribution is 2.33. The smallest absolute Gasteiger partial charge is 0.273 e. The van der Waals surface area contributed by atoms with Gasteiger partial charge in [0.15, 0.2) is 0 Å². The Morgan fingerprint density at radius 1 is 0.964 bits per heavy atom. The Bertz CT molecular complexity index is 1030. The Hall–Kier alpha value is -1.93. The first-order valence-corrected chi connectivity index (χ1v) is 11.0. The van der Waals surface area contributed by atoms with Gasteiger partial charge in [-0.25, -0.2) is 4.98 Å². The Balaban J connectivity index is 1.39. The third kappa shape index (κ3) is 4.07. The molecule has 1 fully saturated rings. The molecule has 9 heteroatoms. The van der Waals surface area contributed by atoms with E-state index in [9.17, 15) is 9.59 Å². The van der Waals surface area contributed by atoms with Gasteiger partial charge in [0.05, 0.1) is 9.21 Å². The number of thiazole rings is 1. The van der Waals surface area contributed by atoms with Crippen LogP contribution in [0.15, 0.2) is 41.8 Å². The van der Waals surface area contributed by atoms with Crippen LogP contribution in [0, 0.1) is 0 Å². The minimum absolute atomic E-state index is 0.0693. The highest BCUT2D eigenvalue weighted by molar-refractivity contribution is 7.23. The first-order valence-electron chi connectivity index (χ1n) is 8.56. The summed E-state index contributed by atoms with van der Waals surface area (Å²) in [7, 11) is 0. The maximum absolute atomic E-state index is 12.8. The van der Waals surface area contributed by atoms with Crippen molar-refractivity contribution in [3.63, 3.8) is 0 Å². The number of thiophene rings is 1. The molecular formula is C19H15Cl2N3O2S2. The van der Waals surface area contributed by atoms with Crippen molar-refractivity contribution >= 4 is 57.7 Å². The predicted molar refractivity (Wildman–Crippen MR) is 114 cm³/mol. The molecule has 3 aromatic rings. The van der Waals surface area contributed by atoms with E-state index < -0.39 is 0 Å². The lowest BCUT2D eigenvalue weighted by Crippen LogP contribution is -2.50. The van der Waals surface area contributed by atoms with Crippen LogP contribution in [0.5, 0.6) is 0 Å². The quantitative estimate of drug-likeness (QED) is 0.575. The first-order chi connectivity index (χ1) is 13.5. The van der Waals surface area contributed by atoms with E-state index in [-0.39, 0.29) is 11.8 Å². The molecule has 0 atom stereocenters. The molecule has 2 amide bonds. The maximum Gasteiger partial charge on any atom is 0.273 e. The third-order valence-corrected chi connectivity index (χ3v) is 6.91. The summed E-state index contributed by atoms with van der Waals surface area (Å²) in [6.45, 7) is 1.91. The van der Waals surface area contributed by atoms with Gasteiger partial charge in [-0.05, 0) is 30.3 Å². The van der Waals surface area contributed by atoms with E-state index in [0.29, 0.717) is 46.8 Å². The number of halogens is 2. The number of piperazine rings is 1. The molecule has 0 aliphatic carbocycles. The standard InChI is InChI=1S/C19H15Cl2N3O2S2/c20-13-3-1-2-12(10-13)18(25)23-6-8-24(9-7-23)19(26)14-11-27-17(22-14)15-4-5-16(21)28-15/h1-5,10-11H,6-9H2. The SMILES string of the molecule is O=C(c1cccc(Cl)c1)N1CCN(C(=O)c2csc(-c3ccc(Cl)s3)n2)CC1. The molecule has 0 radical (unpaired) electrons. The van der Waals surface area contributed by atoms with E-state index in [0.717, 1.165) is 9.88 Å². The highest BCUT2D eigenvalue weighted by Gasteiger charge is 2.27. The molecule has 0 N–H and O–H groups in total. The normalized spacial score (nSPS) is 14.4. The van der Waals surface area contributed by atoms with E-state index in [2.05, 4.69) is 4.98 Å². The Kier molecular flexibility index (Phi) is 5.68. The summed E-state index contributed by atoms with van der Waals surface area (Å²) >= 11 is 14.8. The molecule has 0 saturated carbocycles. The van der Waals surface area contributed by atoms with Gasteiger partial charge in [0.2, 0.25) is 0 Å². The molecule has 1 aliphatic rings. The van der Waals surface area contributed by atoms with Crippen molar-refractivity contribution in [2.75, 3.05) is 26.2 Å². The second kappa shape index (κ2) is 8.21. The largest absolute Gasteiger partial charge is 0.335 e. The van der Waals surface area contributed by atoms with Gasteiger partial charge in [-0.3, -0.25) is 9.59 Å². The van der Waals surface area contributed by atoms with Gasteiger partial charge in [-0.15, -0.1) is 22.7 Å². The average Bonchev–Trinajstić information content (AvgIpc) is 3.36.